The summed E-state index contributed by atoms with van der Waals surface area (Å²) >= 11 is 3.66. The van der Waals surface area contributed by atoms with Gasteiger partial charge in [-0.1, -0.05) is 25.7 Å². The van der Waals surface area contributed by atoms with Crippen molar-refractivity contribution in [2.45, 2.75) is 64.5 Å². The molecule has 0 bridgehead atoms. The Morgan fingerprint density at radius 2 is 2.11 bits per heavy atom. The van der Waals surface area contributed by atoms with Gasteiger partial charge < -0.3 is 5.32 Å². The van der Waals surface area contributed by atoms with Gasteiger partial charge >= 0.3 is 0 Å². The Morgan fingerprint density at radius 3 is 2.68 bits per heavy atom. The summed E-state index contributed by atoms with van der Waals surface area (Å²) in [6.07, 6.45) is 10.2. The fourth-order valence-electron chi connectivity index (χ4n) is 3.21. The summed E-state index contributed by atoms with van der Waals surface area (Å²) < 4.78 is 3.27. The number of hydrogen-bond donors (Lipinski definition) is 1. The summed E-state index contributed by atoms with van der Waals surface area (Å²) in [6.45, 7) is 4.37. The van der Waals surface area contributed by atoms with Gasteiger partial charge in [-0.15, -0.1) is 0 Å². The Kier molecular flexibility index (Phi) is 5.46. The van der Waals surface area contributed by atoms with Crippen molar-refractivity contribution in [1.82, 2.24) is 15.1 Å². The highest BCUT2D eigenvalue weighted by Gasteiger charge is 2.22. The zero-order valence-corrected chi connectivity index (χ0v) is 13.9. The maximum absolute atomic E-state index is 4.49. The molecule has 3 nitrogen and oxygen atoms in total. The molecule has 1 saturated carbocycles. The number of nitrogens with one attached hydrogen (secondary N) is 1. The molecule has 2 rings (SSSR count). The molecule has 1 aliphatic carbocycles. The Morgan fingerprint density at radius 1 is 1.42 bits per heavy atom. The Balaban J connectivity index is 2.05. The molecule has 1 fully saturated rings. The first-order chi connectivity index (χ1) is 9.13. The number of rotatable bonds is 6. The molecule has 0 aromatic carbocycles. The van der Waals surface area contributed by atoms with Gasteiger partial charge in [0.1, 0.15) is 0 Å². The smallest absolute Gasteiger partial charge is 0.0698 e. The second kappa shape index (κ2) is 6.89. The first kappa shape index (κ1) is 15.0. The van der Waals surface area contributed by atoms with Crippen LogP contribution in [0.3, 0.4) is 0 Å². The molecule has 1 heterocycles. The fourth-order valence-corrected chi connectivity index (χ4v) is 3.76. The SMILES string of the molecule is CNC(CCC1CCCC1)c1c(Br)cnn1C(C)C. The Labute approximate surface area is 125 Å². The lowest BCUT2D eigenvalue weighted by Gasteiger charge is -2.22. The van der Waals surface area contributed by atoms with Gasteiger partial charge in [0.15, 0.2) is 0 Å². The average Bonchev–Trinajstić information content (AvgIpc) is 3.00. The summed E-state index contributed by atoms with van der Waals surface area (Å²) in [7, 11) is 2.06. The number of hydrogen-bond acceptors (Lipinski definition) is 2. The van der Waals surface area contributed by atoms with Crippen LogP contribution >= 0.6 is 15.9 Å². The molecule has 0 saturated heterocycles. The number of halogens is 1. The van der Waals surface area contributed by atoms with Crippen LogP contribution in [0.4, 0.5) is 0 Å². The topological polar surface area (TPSA) is 29.9 Å². The van der Waals surface area contributed by atoms with Crippen molar-refractivity contribution in [3.63, 3.8) is 0 Å². The van der Waals surface area contributed by atoms with Gasteiger partial charge in [-0.25, -0.2) is 0 Å². The van der Waals surface area contributed by atoms with Gasteiger partial charge in [0.05, 0.1) is 22.4 Å². The zero-order chi connectivity index (χ0) is 13.8. The number of aromatic nitrogens is 2. The summed E-state index contributed by atoms with van der Waals surface area (Å²) in [4.78, 5) is 0. The standard InChI is InChI=1S/C15H26BrN3/c1-11(2)19-15(13(16)10-18-19)14(17-3)9-8-12-6-4-5-7-12/h10-12,14,17H,4-9H2,1-3H3. The van der Waals surface area contributed by atoms with E-state index >= 15 is 0 Å². The van der Waals surface area contributed by atoms with E-state index in [1.54, 1.807) is 0 Å². The second-order valence-corrected chi connectivity index (χ2v) is 6.84. The molecule has 1 aliphatic rings. The molecule has 1 atom stereocenters. The Bertz CT molecular complexity index is 394. The van der Waals surface area contributed by atoms with E-state index in [1.807, 2.05) is 6.20 Å². The van der Waals surface area contributed by atoms with Crippen LogP contribution in [0, 0.1) is 5.92 Å². The predicted molar refractivity (Wildman–Crippen MR) is 83.3 cm³/mol. The van der Waals surface area contributed by atoms with E-state index in [4.69, 9.17) is 0 Å². The Hall–Kier alpha value is -0.350. The normalized spacial score (nSPS) is 18.4. The first-order valence-corrected chi connectivity index (χ1v) is 8.33. The molecule has 0 radical (unpaired) electrons. The van der Waals surface area contributed by atoms with E-state index in [0.29, 0.717) is 12.1 Å². The third-order valence-corrected chi connectivity index (χ3v) is 4.90. The molecule has 0 aliphatic heterocycles. The molecule has 1 aromatic heterocycles. The van der Waals surface area contributed by atoms with E-state index in [-0.39, 0.29) is 0 Å². The minimum absolute atomic E-state index is 0.403. The lowest BCUT2D eigenvalue weighted by atomic mass is 9.97. The molecular weight excluding hydrogens is 302 g/mol. The van der Waals surface area contributed by atoms with Crippen LogP contribution in [0.5, 0.6) is 0 Å². The fraction of sp³-hybridized carbons (Fsp3) is 0.800. The van der Waals surface area contributed by atoms with Gasteiger partial charge in [0.25, 0.3) is 0 Å². The highest BCUT2D eigenvalue weighted by atomic mass is 79.9. The lowest BCUT2D eigenvalue weighted by molar-refractivity contribution is 0.396. The van der Waals surface area contributed by atoms with Crippen LogP contribution in [-0.4, -0.2) is 16.8 Å². The zero-order valence-electron chi connectivity index (χ0n) is 12.3. The largest absolute Gasteiger partial charge is 0.312 e. The predicted octanol–water partition coefficient (Wildman–Crippen LogP) is 4.46. The van der Waals surface area contributed by atoms with Crippen LogP contribution < -0.4 is 5.32 Å². The monoisotopic (exact) mass is 327 g/mol. The van der Waals surface area contributed by atoms with Crippen molar-refractivity contribution >= 4 is 15.9 Å². The minimum Gasteiger partial charge on any atom is -0.312 e. The molecule has 1 N–H and O–H groups in total. The molecule has 1 unspecified atom stereocenters. The molecule has 19 heavy (non-hydrogen) atoms. The summed E-state index contributed by atoms with van der Waals surface area (Å²) in [5, 5.41) is 7.97. The van der Waals surface area contributed by atoms with Crippen molar-refractivity contribution in [2.75, 3.05) is 7.05 Å². The molecule has 0 amide bonds. The van der Waals surface area contributed by atoms with Gasteiger partial charge in [0, 0.05) is 6.04 Å². The summed E-state index contributed by atoms with van der Waals surface area (Å²) in [5.41, 5.74) is 1.30. The van der Waals surface area contributed by atoms with Crippen molar-refractivity contribution in [3.05, 3.63) is 16.4 Å². The minimum atomic E-state index is 0.403. The van der Waals surface area contributed by atoms with E-state index < -0.39 is 0 Å². The van der Waals surface area contributed by atoms with E-state index in [2.05, 4.69) is 51.9 Å². The maximum atomic E-state index is 4.49. The first-order valence-electron chi connectivity index (χ1n) is 7.53. The van der Waals surface area contributed by atoms with Crippen molar-refractivity contribution < 1.29 is 0 Å². The molecule has 4 heteroatoms. The van der Waals surface area contributed by atoms with Crippen molar-refractivity contribution in [1.29, 1.82) is 0 Å². The van der Waals surface area contributed by atoms with Crippen molar-refractivity contribution in [3.8, 4) is 0 Å². The van der Waals surface area contributed by atoms with E-state index in [1.165, 1.54) is 44.2 Å². The van der Waals surface area contributed by atoms with Crippen molar-refractivity contribution in [2.24, 2.45) is 5.92 Å². The quantitative estimate of drug-likeness (QED) is 0.836. The van der Waals surface area contributed by atoms with Crippen LogP contribution in [0.2, 0.25) is 0 Å². The summed E-state index contributed by atoms with van der Waals surface area (Å²) in [5.74, 6) is 0.949. The molecular formula is C15H26BrN3. The highest BCUT2D eigenvalue weighted by Crippen LogP contribution is 2.33. The maximum Gasteiger partial charge on any atom is 0.0698 e. The van der Waals surface area contributed by atoms with E-state index in [9.17, 15) is 0 Å². The van der Waals surface area contributed by atoms with Crippen LogP contribution in [0.1, 0.15) is 70.2 Å². The molecule has 108 valence electrons. The van der Waals surface area contributed by atoms with Gasteiger partial charge in [-0.3, -0.25) is 4.68 Å². The van der Waals surface area contributed by atoms with Crippen LogP contribution in [-0.2, 0) is 0 Å². The second-order valence-electron chi connectivity index (χ2n) is 5.99. The molecule has 0 spiro atoms. The van der Waals surface area contributed by atoms with Gasteiger partial charge in [-0.05, 0) is 55.6 Å². The van der Waals surface area contributed by atoms with Gasteiger partial charge in [-0.2, -0.15) is 5.10 Å². The average molecular weight is 328 g/mol. The number of nitrogens with zero attached hydrogens (tertiary/aromatic N) is 2. The lowest BCUT2D eigenvalue weighted by Crippen LogP contribution is -2.22. The van der Waals surface area contributed by atoms with E-state index in [0.717, 1.165) is 10.4 Å². The van der Waals surface area contributed by atoms with Crippen LogP contribution in [0.15, 0.2) is 10.7 Å². The third-order valence-electron chi connectivity index (χ3n) is 4.29. The highest BCUT2D eigenvalue weighted by molar-refractivity contribution is 9.10. The third kappa shape index (κ3) is 3.60. The summed E-state index contributed by atoms with van der Waals surface area (Å²) in [6, 6.07) is 0.809. The van der Waals surface area contributed by atoms with Crippen LogP contribution in [0.25, 0.3) is 0 Å². The van der Waals surface area contributed by atoms with Gasteiger partial charge in [0.2, 0.25) is 0 Å². The molecule has 1 aromatic rings.